The Morgan fingerprint density at radius 3 is 2.75 bits per heavy atom. The number of anilines is 1. The fourth-order valence-corrected chi connectivity index (χ4v) is 1.55. The van der Waals surface area contributed by atoms with Gasteiger partial charge in [-0.3, -0.25) is 0 Å². The minimum Gasteiger partial charge on any atom is -0.473 e. The molecule has 1 fully saturated rings. The number of hydrogen-bond donors (Lipinski definition) is 2. The predicted octanol–water partition coefficient (Wildman–Crippen LogP) is 1.30. The van der Waals surface area contributed by atoms with Crippen molar-refractivity contribution in [1.29, 1.82) is 0 Å². The molecule has 2 heterocycles. The van der Waals surface area contributed by atoms with Gasteiger partial charge in [-0.2, -0.15) is 4.98 Å². The lowest BCUT2D eigenvalue weighted by atomic mass is 10.3. The highest BCUT2D eigenvalue weighted by Gasteiger charge is 2.16. The summed E-state index contributed by atoms with van der Waals surface area (Å²) in [4.78, 5) is 7.68. The Morgan fingerprint density at radius 2 is 2.19 bits per heavy atom. The lowest BCUT2D eigenvalue weighted by molar-refractivity contribution is 0.214. The van der Waals surface area contributed by atoms with Crippen LogP contribution < -0.4 is 15.8 Å². The van der Waals surface area contributed by atoms with Crippen LogP contribution in [0.2, 0.25) is 5.15 Å². The average molecular weight is 288 g/mol. The van der Waals surface area contributed by atoms with Crippen molar-refractivity contribution in [2.24, 2.45) is 0 Å². The summed E-state index contributed by atoms with van der Waals surface area (Å²) < 4.78 is 5.56. The van der Waals surface area contributed by atoms with Crippen LogP contribution in [0.1, 0.15) is 6.42 Å². The second-order valence-electron chi connectivity index (χ2n) is 3.12. The highest BCUT2D eigenvalue weighted by atomic mass is 35.5. The molecule has 1 atom stereocenters. The van der Waals surface area contributed by atoms with Crippen LogP contribution in [0.15, 0.2) is 6.07 Å². The zero-order chi connectivity index (χ0) is 9.97. The summed E-state index contributed by atoms with van der Waals surface area (Å²) in [5, 5.41) is 3.49. The Morgan fingerprint density at radius 1 is 1.44 bits per heavy atom. The zero-order valence-corrected chi connectivity index (χ0v) is 10.7. The second kappa shape index (κ2) is 6.96. The van der Waals surface area contributed by atoms with E-state index in [1.807, 2.05) is 0 Å². The molecule has 0 spiro atoms. The van der Waals surface area contributed by atoms with Crippen molar-refractivity contribution in [3.05, 3.63) is 11.2 Å². The Balaban J connectivity index is 0.00000112. The molecule has 92 valence electrons. The van der Waals surface area contributed by atoms with E-state index in [0.717, 1.165) is 19.5 Å². The summed E-state index contributed by atoms with van der Waals surface area (Å²) in [5.74, 6) is 0.578. The van der Waals surface area contributed by atoms with Gasteiger partial charge in [0.05, 0.1) is 0 Å². The summed E-state index contributed by atoms with van der Waals surface area (Å²) in [6.07, 6.45) is 1.13. The van der Waals surface area contributed by atoms with Crippen LogP contribution in [0, 0.1) is 0 Å². The number of rotatable bonds is 2. The Bertz CT molecular complexity index is 313. The van der Waals surface area contributed by atoms with E-state index in [0.29, 0.717) is 11.0 Å². The number of halogens is 3. The van der Waals surface area contributed by atoms with Gasteiger partial charge >= 0.3 is 0 Å². The molecule has 1 aromatic rings. The molecule has 8 heteroatoms. The van der Waals surface area contributed by atoms with Gasteiger partial charge in [-0.15, -0.1) is 24.8 Å². The SMILES string of the molecule is Cl.Cl.Nc1nc(Cl)cc(OC2CCNC2)n1. The van der Waals surface area contributed by atoms with Crippen molar-refractivity contribution in [1.82, 2.24) is 15.3 Å². The molecule has 1 aliphatic heterocycles. The standard InChI is InChI=1S/C8H11ClN4O.2ClH/c9-6-3-7(13-8(10)12-6)14-5-1-2-11-4-5;;/h3,5,11H,1-2,4H2,(H2,10,12,13);2*1H. The summed E-state index contributed by atoms with van der Waals surface area (Å²) in [5.41, 5.74) is 5.43. The van der Waals surface area contributed by atoms with Gasteiger partial charge in [0.2, 0.25) is 11.8 Å². The lowest BCUT2D eigenvalue weighted by Gasteiger charge is -2.11. The predicted molar refractivity (Wildman–Crippen MR) is 67.9 cm³/mol. The maximum Gasteiger partial charge on any atom is 0.224 e. The van der Waals surface area contributed by atoms with Crippen LogP contribution in [0.3, 0.4) is 0 Å². The first-order chi connectivity index (χ1) is 6.74. The molecule has 0 radical (unpaired) electrons. The van der Waals surface area contributed by atoms with Gasteiger partial charge in [-0.05, 0) is 13.0 Å². The van der Waals surface area contributed by atoms with Gasteiger partial charge in [-0.1, -0.05) is 11.6 Å². The largest absolute Gasteiger partial charge is 0.473 e. The molecule has 2 rings (SSSR count). The van der Waals surface area contributed by atoms with E-state index >= 15 is 0 Å². The van der Waals surface area contributed by atoms with Gasteiger partial charge in [-0.25, -0.2) is 4.98 Å². The number of aromatic nitrogens is 2. The maximum absolute atomic E-state index is 5.71. The fraction of sp³-hybridized carbons (Fsp3) is 0.500. The van der Waals surface area contributed by atoms with Crippen molar-refractivity contribution in [2.75, 3.05) is 18.8 Å². The molecule has 1 aromatic heterocycles. The van der Waals surface area contributed by atoms with E-state index in [2.05, 4.69) is 15.3 Å². The van der Waals surface area contributed by atoms with E-state index in [-0.39, 0.29) is 36.9 Å². The van der Waals surface area contributed by atoms with E-state index in [9.17, 15) is 0 Å². The summed E-state index contributed by atoms with van der Waals surface area (Å²) in [6, 6.07) is 1.57. The van der Waals surface area contributed by atoms with Gasteiger partial charge in [0.1, 0.15) is 11.3 Å². The van der Waals surface area contributed by atoms with Crippen molar-refractivity contribution in [2.45, 2.75) is 12.5 Å². The first kappa shape index (κ1) is 15.5. The molecule has 1 aliphatic rings. The summed E-state index contributed by atoms with van der Waals surface area (Å²) in [6.45, 7) is 1.81. The van der Waals surface area contributed by atoms with Crippen LogP contribution in [0.4, 0.5) is 5.95 Å². The summed E-state index contributed by atoms with van der Waals surface area (Å²) in [7, 11) is 0. The monoisotopic (exact) mass is 286 g/mol. The molecule has 0 saturated carbocycles. The molecular weight excluding hydrogens is 274 g/mol. The average Bonchev–Trinajstić information content (AvgIpc) is 2.54. The normalized spacial score (nSPS) is 18.4. The third-order valence-corrected chi connectivity index (χ3v) is 2.18. The third kappa shape index (κ3) is 4.17. The second-order valence-corrected chi connectivity index (χ2v) is 3.51. The van der Waals surface area contributed by atoms with Crippen molar-refractivity contribution in [3.8, 4) is 5.88 Å². The van der Waals surface area contributed by atoms with Gasteiger partial charge in [0.25, 0.3) is 0 Å². The quantitative estimate of drug-likeness (QED) is 0.802. The Labute approximate surface area is 111 Å². The molecule has 0 aliphatic carbocycles. The van der Waals surface area contributed by atoms with Crippen LogP contribution in [-0.4, -0.2) is 29.2 Å². The Kier molecular flexibility index (Phi) is 6.74. The van der Waals surface area contributed by atoms with Crippen LogP contribution in [0.5, 0.6) is 5.88 Å². The molecule has 3 N–H and O–H groups in total. The molecule has 0 amide bonds. The van der Waals surface area contributed by atoms with Gasteiger partial charge < -0.3 is 15.8 Å². The first-order valence-corrected chi connectivity index (χ1v) is 4.79. The van der Waals surface area contributed by atoms with E-state index < -0.39 is 0 Å². The molecule has 1 saturated heterocycles. The molecule has 1 unspecified atom stereocenters. The minimum absolute atomic E-state index is 0. The highest BCUT2D eigenvalue weighted by molar-refractivity contribution is 6.29. The van der Waals surface area contributed by atoms with E-state index in [1.54, 1.807) is 6.07 Å². The van der Waals surface area contributed by atoms with Crippen molar-refractivity contribution in [3.63, 3.8) is 0 Å². The number of ether oxygens (including phenoxy) is 1. The van der Waals surface area contributed by atoms with Crippen molar-refractivity contribution >= 4 is 42.4 Å². The van der Waals surface area contributed by atoms with Gasteiger partial charge in [0.15, 0.2) is 0 Å². The third-order valence-electron chi connectivity index (χ3n) is 1.99. The molecule has 16 heavy (non-hydrogen) atoms. The maximum atomic E-state index is 5.71. The minimum atomic E-state index is 0. The smallest absolute Gasteiger partial charge is 0.224 e. The number of nitrogens with two attached hydrogens (primary N) is 1. The molecule has 0 aromatic carbocycles. The fourth-order valence-electron chi connectivity index (χ4n) is 1.37. The zero-order valence-electron chi connectivity index (χ0n) is 8.35. The number of hydrogen-bond acceptors (Lipinski definition) is 5. The highest BCUT2D eigenvalue weighted by Crippen LogP contribution is 2.17. The number of nitrogen functional groups attached to an aromatic ring is 1. The molecule has 0 bridgehead atoms. The number of nitrogens with one attached hydrogen (secondary N) is 1. The van der Waals surface area contributed by atoms with Gasteiger partial charge in [0, 0.05) is 12.6 Å². The summed E-state index contributed by atoms with van der Waals surface area (Å²) >= 11 is 5.71. The Hall–Kier alpha value is -0.490. The molecular formula is C8H13Cl3N4O. The first-order valence-electron chi connectivity index (χ1n) is 4.41. The number of nitrogens with zero attached hydrogens (tertiary/aromatic N) is 2. The van der Waals surface area contributed by atoms with Crippen LogP contribution in [-0.2, 0) is 0 Å². The van der Waals surface area contributed by atoms with Crippen LogP contribution >= 0.6 is 36.4 Å². The van der Waals surface area contributed by atoms with Crippen LogP contribution in [0.25, 0.3) is 0 Å². The topological polar surface area (TPSA) is 73.1 Å². The van der Waals surface area contributed by atoms with E-state index in [4.69, 9.17) is 22.1 Å². The molecule has 5 nitrogen and oxygen atoms in total. The van der Waals surface area contributed by atoms with Crippen molar-refractivity contribution < 1.29 is 4.74 Å². The lowest BCUT2D eigenvalue weighted by Crippen LogP contribution is -2.20. The van der Waals surface area contributed by atoms with E-state index in [1.165, 1.54) is 0 Å².